The van der Waals surface area contributed by atoms with E-state index in [4.69, 9.17) is 5.21 Å². The number of hydroxylamine groups is 1. The smallest absolute Gasteiger partial charge is 0.278 e. The van der Waals surface area contributed by atoms with Crippen molar-refractivity contribution < 1.29 is 14.4 Å². The van der Waals surface area contributed by atoms with E-state index in [-0.39, 0.29) is 5.56 Å². The van der Waals surface area contributed by atoms with Gasteiger partial charge in [0.1, 0.15) is 0 Å². The summed E-state index contributed by atoms with van der Waals surface area (Å²) < 4.78 is 12.4. The predicted octanol–water partition coefficient (Wildman–Crippen LogP) is 1.01. The molecule has 0 spiro atoms. The van der Waals surface area contributed by atoms with Crippen molar-refractivity contribution >= 4 is 17.2 Å². The minimum absolute atomic E-state index is 0.132. The Kier molecular flexibility index (Phi) is 1.98. The van der Waals surface area contributed by atoms with E-state index in [2.05, 4.69) is 0 Å². The lowest BCUT2D eigenvalue weighted by Gasteiger charge is -1.91. The normalized spacial score (nSPS) is 9.40. The lowest BCUT2D eigenvalue weighted by molar-refractivity contribution is 0.0703. The van der Waals surface area contributed by atoms with Crippen LogP contribution in [0.5, 0.6) is 0 Å². The average molecular weight is 161 g/mol. The van der Waals surface area contributed by atoms with E-state index in [0.29, 0.717) is 0 Å². The summed E-state index contributed by atoms with van der Waals surface area (Å²) in [6.45, 7) is 0. The SMILES string of the molecule is O=C(NO)c1ccsc1F. The molecule has 1 aromatic heterocycles. The van der Waals surface area contributed by atoms with Crippen molar-refractivity contribution in [3.63, 3.8) is 0 Å². The standard InChI is InChI=1S/C5H4FNO2S/c6-4-3(1-2-10-4)5(8)7-9/h1-2,9H,(H,7,8). The van der Waals surface area contributed by atoms with Gasteiger partial charge in [-0.05, 0) is 11.4 Å². The fraction of sp³-hybridized carbons (Fsp3) is 0. The molecular weight excluding hydrogens is 157 g/mol. The van der Waals surface area contributed by atoms with Crippen LogP contribution in [0.15, 0.2) is 11.4 Å². The second-order valence-corrected chi connectivity index (χ2v) is 2.42. The Labute approximate surface area is 60.1 Å². The topological polar surface area (TPSA) is 49.3 Å². The van der Waals surface area contributed by atoms with Crippen molar-refractivity contribution in [1.29, 1.82) is 0 Å². The van der Waals surface area contributed by atoms with Crippen LogP contribution in [-0.4, -0.2) is 11.1 Å². The molecule has 1 heterocycles. The Morgan fingerprint density at radius 1 is 1.80 bits per heavy atom. The maximum absolute atomic E-state index is 12.4. The number of hydrogen-bond donors (Lipinski definition) is 2. The zero-order valence-electron chi connectivity index (χ0n) is 4.80. The van der Waals surface area contributed by atoms with Crippen LogP contribution in [0.3, 0.4) is 0 Å². The van der Waals surface area contributed by atoms with E-state index in [9.17, 15) is 9.18 Å². The van der Waals surface area contributed by atoms with E-state index in [1.165, 1.54) is 16.9 Å². The van der Waals surface area contributed by atoms with E-state index in [1.54, 1.807) is 0 Å². The minimum atomic E-state index is -0.821. The van der Waals surface area contributed by atoms with Crippen LogP contribution in [0.1, 0.15) is 10.4 Å². The molecule has 1 rings (SSSR count). The number of carbonyl (C=O) groups is 1. The lowest BCUT2D eigenvalue weighted by atomic mass is 10.3. The van der Waals surface area contributed by atoms with Gasteiger partial charge in [-0.3, -0.25) is 10.0 Å². The largest absolute Gasteiger partial charge is 0.288 e. The first-order chi connectivity index (χ1) is 4.75. The summed E-state index contributed by atoms with van der Waals surface area (Å²) in [7, 11) is 0. The number of amides is 1. The van der Waals surface area contributed by atoms with Crippen LogP contribution >= 0.6 is 11.3 Å². The van der Waals surface area contributed by atoms with Crippen molar-refractivity contribution in [2.45, 2.75) is 0 Å². The molecule has 54 valence electrons. The maximum Gasteiger partial charge on any atom is 0.278 e. The van der Waals surface area contributed by atoms with Crippen molar-refractivity contribution in [2.24, 2.45) is 0 Å². The zero-order valence-corrected chi connectivity index (χ0v) is 5.61. The molecule has 5 heteroatoms. The summed E-state index contributed by atoms with van der Waals surface area (Å²) >= 11 is 0.809. The molecule has 0 aliphatic heterocycles. The number of thiophene rings is 1. The van der Waals surface area contributed by atoms with Crippen molar-refractivity contribution in [3.05, 3.63) is 22.1 Å². The third-order valence-corrected chi connectivity index (χ3v) is 1.66. The van der Waals surface area contributed by atoms with Crippen LogP contribution in [0, 0.1) is 5.13 Å². The summed E-state index contributed by atoms with van der Waals surface area (Å²) in [5, 5.41) is 8.91. The third-order valence-electron chi connectivity index (χ3n) is 0.964. The Morgan fingerprint density at radius 3 is 2.90 bits per heavy atom. The van der Waals surface area contributed by atoms with Crippen LogP contribution in [0.25, 0.3) is 0 Å². The lowest BCUT2D eigenvalue weighted by Crippen LogP contribution is -2.18. The van der Waals surface area contributed by atoms with Gasteiger partial charge < -0.3 is 0 Å². The molecule has 0 bridgehead atoms. The number of carbonyl (C=O) groups excluding carboxylic acids is 1. The highest BCUT2D eigenvalue weighted by atomic mass is 32.1. The number of nitrogens with one attached hydrogen (secondary N) is 1. The summed E-state index contributed by atoms with van der Waals surface area (Å²) in [6.07, 6.45) is 0. The predicted molar refractivity (Wildman–Crippen MR) is 33.5 cm³/mol. The summed E-state index contributed by atoms with van der Waals surface area (Å²) in [6, 6.07) is 1.30. The number of hydrogen-bond acceptors (Lipinski definition) is 3. The van der Waals surface area contributed by atoms with E-state index in [0.717, 1.165) is 11.3 Å². The number of halogens is 1. The van der Waals surface area contributed by atoms with Crippen LogP contribution < -0.4 is 5.48 Å². The summed E-state index contributed by atoms with van der Waals surface area (Å²) in [4.78, 5) is 10.5. The van der Waals surface area contributed by atoms with Crippen molar-refractivity contribution in [2.75, 3.05) is 0 Å². The molecule has 1 aromatic rings. The highest BCUT2D eigenvalue weighted by molar-refractivity contribution is 7.08. The van der Waals surface area contributed by atoms with Crippen LogP contribution in [0.4, 0.5) is 4.39 Å². The van der Waals surface area contributed by atoms with Gasteiger partial charge >= 0.3 is 0 Å². The van der Waals surface area contributed by atoms with E-state index >= 15 is 0 Å². The first kappa shape index (κ1) is 7.17. The fourth-order valence-corrected chi connectivity index (χ4v) is 1.13. The third kappa shape index (κ3) is 1.14. The first-order valence-corrected chi connectivity index (χ1v) is 3.31. The van der Waals surface area contributed by atoms with Gasteiger partial charge in [-0.2, -0.15) is 4.39 Å². The zero-order chi connectivity index (χ0) is 7.56. The van der Waals surface area contributed by atoms with Gasteiger partial charge in [-0.25, -0.2) is 5.48 Å². The van der Waals surface area contributed by atoms with Gasteiger partial charge in [0.05, 0.1) is 5.56 Å². The van der Waals surface area contributed by atoms with Crippen molar-refractivity contribution in [1.82, 2.24) is 5.48 Å². The molecule has 0 unspecified atom stereocenters. The molecule has 10 heavy (non-hydrogen) atoms. The van der Waals surface area contributed by atoms with Gasteiger partial charge in [0.25, 0.3) is 5.91 Å². The minimum Gasteiger partial charge on any atom is -0.288 e. The Morgan fingerprint density at radius 2 is 2.50 bits per heavy atom. The average Bonchev–Trinajstić information content (AvgIpc) is 2.34. The Bertz CT molecular complexity index is 248. The molecule has 1 amide bonds. The molecule has 0 saturated heterocycles. The van der Waals surface area contributed by atoms with E-state index in [1.807, 2.05) is 0 Å². The first-order valence-electron chi connectivity index (χ1n) is 2.43. The summed E-state index contributed by atoms with van der Waals surface area (Å²) in [5.74, 6) is -0.821. The van der Waals surface area contributed by atoms with Gasteiger partial charge in [0.2, 0.25) is 0 Å². The maximum atomic E-state index is 12.4. The van der Waals surface area contributed by atoms with Gasteiger partial charge in [-0.15, -0.1) is 11.3 Å². The quantitative estimate of drug-likeness (QED) is 0.477. The second-order valence-electron chi connectivity index (χ2n) is 1.55. The molecule has 0 saturated carbocycles. The molecule has 2 N–H and O–H groups in total. The van der Waals surface area contributed by atoms with Gasteiger partial charge in [0, 0.05) is 0 Å². The molecule has 0 aromatic carbocycles. The second kappa shape index (κ2) is 2.76. The fourth-order valence-electron chi connectivity index (χ4n) is 0.516. The summed E-state index contributed by atoms with van der Waals surface area (Å²) in [5.41, 5.74) is 1.20. The molecule has 0 atom stereocenters. The highest BCUT2D eigenvalue weighted by Gasteiger charge is 2.10. The van der Waals surface area contributed by atoms with E-state index < -0.39 is 11.0 Å². The highest BCUT2D eigenvalue weighted by Crippen LogP contribution is 2.13. The molecule has 0 aliphatic rings. The molecular formula is C5H4FNO2S. The Balaban J connectivity index is 2.93. The van der Waals surface area contributed by atoms with Crippen LogP contribution in [0.2, 0.25) is 0 Å². The van der Waals surface area contributed by atoms with Gasteiger partial charge in [-0.1, -0.05) is 0 Å². The molecule has 0 fully saturated rings. The van der Waals surface area contributed by atoms with Crippen molar-refractivity contribution in [3.8, 4) is 0 Å². The monoisotopic (exact) mass is 161 g/mol. The molecule has 3 nitrogen and oxygen atoms in total. The van der Waals surface area contributed by atoms with Crippen LogP contribution in [-0.2, 0) is 0 Å². The molecule has 0 aliphatic carbocycles. The number of rotatable bonds is 1. The Hall–Kier alpha value is -0.940. The van der Waals surface area contributed by atoms with Gasteiger partial charge in [0.15, 0.2) is 5.13 Å². The molecule has 0 radical (unpaired) electrons.